The van der Waals surface area contributed by atoms with Gasteiger partial charge in [-0.15, -0.1) is 11.8 Å². The average molecular weight is 320 g/mol. The molecule has 4 nitrogen and oxygen atoms in total. The summed E-state index contributed by atoms with van der Waals surface area (Å²) in [4.78, 5) is 29.4. The highest BCUT2D eigenvalue weighted by atomic mass is 32.2. The normalized spacial score (nSPS) is 34.6. The van der Waals surface area contributed by atoms with E-state index in [1.165, 1.54) is 6.42 Å². The summed E-state index contributed by atoms with van der Waals surface area (Å²) in [6, 6.07) is -0.203. The lowest BCUT2D eigenvalue weighted by atomic mass is 9.84. The van der Waals surface area contributed by atoms with E-state index in [4.69, 9.17) is 0 Å². The molecule has 0 aromatic carbocycles. The first-order valence-electron chi connectivity index (χ1n) is 8.56. The van der Waals surface area contributed by atoms with E-state index < -0.39 is 0 Å². The van der Waals surface area contributed by atoms with Crippen molar-refractivity contribution in [1.29, 1.82) is 0 Å². The number of hydrogen-bond acceptors (Lipinski definition) is 3. The van der Waals surface area contributed by atoms with Gasteiger partial charge in [-0.1, -0.05) is 18.6 Å². The summed E-state index contributed by atoms with van der Waals surface area (Å²) in [5.74, 6) is 3.38. The van der Waals surface area contributed by atoms with E-state index >= 15 is 0 Å². The van der Waals surface area contributed by atoms with Crippen molar-refractivity contribution in [3.8, 4) is 0 Å². The molecule has 120 valence electrons. The van der Waals surface area contributed by atoms with Crippen LogP contribution in [0.25, 0.3) is 0 Å². The number of nitrogens with zero attached hydrogens (tertiary/aromatic N) is 2. The summed E-state index contributed by atoms with van der Waals surface area (Å²) >= 11 is 1.73. The standard InChI is InChI=1S/C17H24N2O2S/c20-16(12-6-3-7-12)19-11-22-10-15(19)17(21)18-8-13-4-1-2-5-14(13)9-18/h1-2,12-15H,3-11H2/t13-,14-,15+/m1/s1. The van der Waals surface area contributed by atoms with Crippen molar-refractivity contribution in [3.63, 3.8) is 0 Å². The van der Waals surface area contributed by atoms with Crippen molar-refractivity contribution >= 4 is 23.6 Å². The average Bonchev–Trinajstić information content (AvgIpc) is 3.11. The summed E-state index contributed by atoms with van der Waals surface area (Å²) in [7, 11) is 0. The first kappa shape index (κ1) is 14.6. The predicted octanol–water partition coefficient (Wildman–Crippen LogP) is 2.11. The first-order chi connectivity index (χ1) is 10.7. The number of fused-ring (bicyclic) bond motifs is 1. The molecular formula is C17H24N2O2S. The summed E-state index contributed by atoms with van der Waals surface area (Å²) < 4.78 is 0. The number of amides is 2. The van der Waals surface area contributed by atoms with E-state index in [2.05, 4.69) is 12.2 Å². The highest BCUT2D eigenvalue weighted by molar-refractivity contribution is 7.99. The molecule has 2 amide bonds. The largest absolute Gasteiger partial charge is 0.340 e. The first-order valence-corrected chi connectivity index (χ1v) is 9.71. The van der Waals surface area contributed by atoms with Crippen LogP contribution in [0.4, 0.5) is 0 Å². The Bertz CT molecular complexity index is 487. The van der Waals surface area contributed by atoms with Crippen molar-refractivity contribution in [3.05, 3.63) is 12.2 Å². The molecule has 0 N–H and O–H groups in total. The fourth-order valence-electron chi connectivity index (χ4n) is 4.16. The maximum atomic E-state index is 12.9. The number of thioether (sulfide) groups is 1. The van der Waals surface area contributed by atoms with E-state index in [0.717, 1.165) is 44.5 Å². The van der Waals surface area contributed by atoms with Crippen molar-refractivity contribution in [1.82, 2.24) is 9.80 Å². The molecule has 2 aliphatic heterocycles. The van der Waals surface area contributed by atoms with Gasteiger partial charge in [-0.3, -0.25) is 9.59 Å². The molecule has 2 aliphatic carbocycles. The zero-order valence-electron chi connectivity index (χ0n) is 12.9. The van der Waals surface area contributed by atoms with Crippen molar-refractivity contribution < 1.29 is 9.59 Å². The van der Waals surface area contributed by atoms with Gasteiger partial charge in [0.05, 0.1) is 5.88 Å². The second kappa shape index (κ2) is 5.91. The van der Waals surface area contributed by atoms with Crippen LogP contribution in [0, 0.1) is 17.8 Å². The van der Waals surface area contributed by atoms with E-state index in [1.54, 1.807) is 11.8 Å². The zero-order valence-corrected chi connectivity index (χ0v) is 13.8. The topological polar surface area (TPSA) is 40.6 Å². The van der Waals surface area contributed by atoms with Gasteiger partial charge in [-0.25, -0.2) is 0 Å². The Morgan fingerprint density at radius 3 is 2.27 bits per heavy atom. The molecule has 22 heavy (non-hydrogen) atoms. The summed E-state index contributed by atoms with van der Waals surface area (Å²) in [6.45, 7) is 1.78. The number of hydrogen-bond donors (Lipinski definition) is 0. The van der Waals surface area contributed by atoms with Crippen molar-refractivity contribution in [2.45, 2.75) is 38.1 Å². The molecule has 5 heteroatoms. The molecule has 0 spiro atoms. The van der Waals surface area contributed by atoms with Gasteiger partial charge in [-0.05, 0) is 37.5 Å². The molecular weight excluding hydrogens is 296 g/mol. The van der Waals surface area contributed by atoms with Crippen LogP contribution in [0.2, 0.25) is 0 Å². The maximum absolute atomic E-state index is 12.9. The molecule has 0 unspecified atom stereocenters. The summed E-state index contributed by atoms with van der Waals surface area (Å²) in [5.41, 5.74) is 0. The monoisotopic (exact) mass is 320 g/mol. The molecule has 0 aromatic heterocycles. The van der Waals surface area contributed by atoms with Crippen LogP contribution in [-0.4, -0.2) is 52.4 Å². The Labute approximate surface area is 136 Å². The van der Waals surface area contributed by atoms with Crippen LogP contribution in [0.3, 0.4) is 0 Å². The molecule has 2 saturated heterocycles. The van der Waals surface area contributed by atoms with Crippen LogP contribution in [-0.2, 0) is 9.59 Å². The van der Waals surface area contributed by atoms with Gasteiger partial charge in [0.2, 0.25) is 11.8 Å². The quantitative estimate of drug-likeness (QED) is 0.732. The van der Waals surface area contributed by atoms with Crippen LogP contribution in [0.1, 0.15) is 32.1 Å². The Morgan fingerprint density at radius 2 is 1.68 bits per heavy atom. The van der Waals surface area contributed by atoms with Crippen molar-refractivity contribution in [2.24, 2.45) is 17.8 Å². The molecule has 4 aliphatic rings. The molecule has 0 aromatic rings. The van der Waals surface area contributed by atoms with Gasteiger partial charge in [0, 0.05) is 24.8 Å². The Balaban J connectivity index is 1.42. The van der Waals surface area contributed by atoms with Crippen molar-refractivity contribution in [2.75, 3.05) is 24.7 Å². The molecule has 3 fully saturated rings. The molecule has 2 heterocycles. The second-order valence-corrected chi connectivity index (χ2v) is 8.16. The van der Waals surface area contributed by atoms with Gasteiger partial charge in [-0.2, -0.15) is 0 Å². The molecule has 3 atom stereocenters. The van der Waals surface area contributed by atoms with Gasteiger partial charge < -0.3 is 9.80 Å². The van der Waals surface area contributed by atoms with Gasteiger partial charge in [0.1, 0.15) is 6.04 Å². The van der Waals surface area contributed by atoms with Gasteiger partial charge in [0.25, 0.3) is 0 Å². The van der Waals surface area contributed by atoms with Crippen LogP contribution in [0.15, 0.2) is 12.2 Å². The van der Waals surface area contributed by atoms with E-state index in [0.29, 0.717) is 17.7 Å². The fraction of sp³-hybridized carbons (Fsp3) is 0.765. The Hall–Kier alpha value is -0.970. The lowest BCUT2D eigenvalue weighted by Gasteiger charge is -2.33. The molecule has 0 radical (unpaired) electrons. The van der Waals surface area contributed by atoms with E-state index in [1.807, 2.05) is 9.80 Å². The lowest BCUT2D eigenvalue weighted by Crippen LogP contribution is -2.50. The van der Waals surface area contributed by atoms with Crippen LogP contribution < -0.4 is 0 Å². The van der Waals surface area contributed by atoms with E-state index in [9.17, 15) is 9.59 Å². The highest BCUT2D eigenvalue weighted by Crippen LogP contribution is 2.36. The smallest absolute Gasteiger partial charge is 0.246 e. The number of carbonyl (C=O) groups excluding carboxylic acids is 2. The van der Waals surface area contributed by atoms with Gasteiger partial charge >= 0.3 is 0 Å². The SMILES string of the molecule is O=C([C@@H]1CSCN1C(=O)C1CCC1)N1C[C@H]2CC=CC[C@@H]2C1. The Kier molecular flexibility index (Phi) is 3.93. The predicted molar refractivity (Wildman–Crippen MR) is 87.2 cm³/mol. The number of likely N-dealkylation sites (tertiary alicyclic amines) is 1. The third-order valence-electron chi connectivity index (χ3n) is 5.84. The summed E-state index contributed by atoms with van der Waals surface area (Å²) in [5, 5.41) is 0. The maximum Gasteiger partial charge on any atom is 0.246 e. The number of carbonyl (C=O) groups is 2. The minimum atomic E-state index is -0.203. The number of rotatable bonds is 2. The lowest BCUT2D eigenvalue weighted by molar-refractivity contribution is -0.146. The zero-order chi connectivity index (χ0) is 15.1. The van der Waals surface area contributed by atoms with Gasteiger partial charge in [0.15, 0.2) is 0 Å². The molecule has 0 bridgehead atoms. The number of allylic oxidation sites excluding steroid dienone is 2. The Morgan fingerprint density at radius 1 is 1.00 bits per heavy atom. The summed E-state index contributed by atoms with van der Waals surface area (Å²) in [6.07, 6.45) is 9.93. The molecule has 1 saturated carbocycles. The second-order valence-electron chi connectivity index (χ2n) is 7.16. The van der Waals surface area contributed by atoms with E-state index in [-0.39, 0.29) is 23.8 Å². The molecule has 4 rings (SSSR count). The minimum absolute atomic E-state index is 0.194. The minimum Gasteiger partial charge on any atom is -0.340 e. The fourth-order valence-corrected chi connectivity index (χ4v) is 5.31. The van der Waals surface area contributed by atoms with Crippen LogP contribution >= 0.6 is 11.8 Å². The third-order valence-corrected chi connectivity index (χ3v) is 6.85. The van der Waals surface area contributed by atoms with Crippen LogP contribution in [0.5, 0.6) is 0 Å². The third kappa shape index (κ3) is 2.47. The highest BCUT2D eigenvalue weighted by Gasteiger charge is 2.43.